The summed E-state index contributed by atoms with van der Waals surface area (Å²) in [6, 6.07) is -0.644. The van der Waals surface area contributed by atoms with Gasteiger partial charge in [-0.05, 0) is 20.8 Å². The van der Waals surface area contributed by atoms with Gasteiger partial charge in [0.2, 0.25) is 0 Å². The number of urea groups is 1. The van der Waals surface area contributed by atoms with Gasteiger partial charge in [0.15, 0.2) is 0 Å². The minimum Gasteiger partial charge on any atom is -0.465 e. The highest BCUT2D eigenvalue weighted by molar-refractivity contribution is 6.07. The van der Waals surface area contributed by atoms with Crippen molar-refractivity contribution in [1.82, 2.24) is 5.32 Å². The fraction of sp³-hybridized carbons (Fsp3) is 0.667. The van der Waals surface area contributed by atoms with Crippen LogP contribution in [0.4, 0.5) is 4.79 Å². The Labute approximate surface area is 82.5 Å². The number of hydrogen-bond acceptors (Lipinski definition) is 3. The van der Waals surface area contributed by atoms with Gasteiger partial charge in [0.05, 0.1) is 6.61 Å². The van der Waals surface area contributed by atoms with Crippen LogP contribution in [0.1, 0.15) is 20.8 Å². The van der Waals surface area contributed by atoms with Crippen LogP contribution in [0.2, 0.25) is 0 Å². The molecule has 0 spiro atoms. The molecule has 0 saturated heterocycles. The fourth-order valence-electron chi connectivity index (χ4n) is 1.51. The SMILES string of the molecule is CCOC(=O)[C@H]1C(C)=NC(=O)N[C@H]1C. The van der Waals surface area contributed by atoms with E-state index >= 15 is 0 Å². The van der Waals surface area contributed by atoms with Crippen LogP contribution in [0.15, 0.2) is 4.99 Å². The molecule has 0 aliphatic carbocycles. The highest BCUT2D eigenvalue weighted by Crippen LogP contribution is 2.13. The van der Waals surface area contributed by atoms with E-state index in [1.54, 1.807) is 20.8 Å². The quantitative estimate of drug-likeness (QED) is 0.665. The van der Waals surface area contributed by atoms with E-state index in [0.717, 1.165) is 0 Å². The molecule has 0 aromatic carbocycles. The Morgan fingerprint density at radius 1 is 1.64 bits per heavy atom. The zero-order valence-corrected chi connectivity index (χ0v) is 8.53. The molecule has 0 bridgehead atoms. The van der Waals surface area contributed by atoms with Crippen molar-refractivity contribution in [2.75, 3.05) is 6.61 Å². The zero-order valence-electron chi connectivity index (χ0n) is 8.53. The number of amides is 2. The molecule has 0 aromatic rings. The number of aliphatic imine (C=N–C) groups is 1. The van der Waals surface area contributed by atoms with E-state index in [-0.39, 0.29) is 12.0 Å². The topological polar surface area (TPSA) is 67.8 Å². The maximum Gasteiger partial charge on any atom is 0.341 e. The molecule has 2 atom stereocenters. The smallest absolute Gasteiger partial charge is 0.341 e. The first-order chi connectivity index (χ1) is 6.56. The Morgan fingerprint density at radius 3 is 2.79 bits per heavy atom. The lowest BCUT2D eigenvalue weighted by Gasteiger charge is -2.26. The van der Waals surface area contributed by atoms with Crippen molar-refractivity contribution in [2.24, 2.45) is 10.9 Å². The molecular formula is C9H14N2O3. The zero-order chi connectivity index (χ0) is 10.7. The summed E-state index contributed by atoms with van der Waals surface area (Å²) < 4.78 is 4.89. The third-order valence-corrected chi connectivity index (χ3v) is 2.12. The number of esters is 1. The molecular weight excluding hydrogens is 184 g/mol. The van der Waals surface area contributed by atoms with Crippen molar-refractivity contribution in [3.63, 3.8) is 0 Å². The highest BCUT2D eigenvalue weighted by atomic mass is 16.5. The highest BCUT2D eigenvalue weighted by Gasteiger charge is 2.33. The molecule has 1 heterocycles. The lowest BCUT2D eigenvalue weighted by atomic mass is 9.95. The number of nitrogens with zero attached hydrogens (tertiary/aromatic N) is 1. The number of ether oxygens (including phenoxy) is 1. The van der Waals surface area contributed by atoms with Gasteiger partial charge < -0.3 is 10.1 Å². The van der Waals surface area contributed by atoms with Gasteiger partial charge in [-0.15, -0.1) is 0 Å². The van der Waals surface area contributed by atoms with E-state index < -0.39 is 11.9 Å². The second-order valence-electron chi connectivity index (χ2n) is 3.22. The molecule has 5 heteroatoms. The van der Waals surface area contributed by atoms with Crippen molar-refractivity contribution in [3.8, 4) is 0 Å². The largest absolute Gasteiger partial charge is 0.465 e. The summed E-state index contributed by atoms with van der Waals surface area (Å²) in [5.74, 6) is -0.783. The molecule has 5 nitrogen and oxygen atoms in total. The van der Waals surface area contributed by atoms with Crippen LogP contribution in [0.25, 0.3) is 0 Å². The van der Waals surface area contributed by atoms with E-state index in [1.807, 2.05) is 0 Å². The average molecular weight is 198 g/mol. The average Bonchev–Trinajstić information content (AvgIpc) is 2.01. The number of carbonyl (C=O) groups excluding carboxylic acids is 2. The summed E-state index contributed by atoms with van der Waals surface area (Å²) in [6.07, 6.45) is 0. The van der Waals surface area contributed by atoms with Gasteiger partial charge in [0.25, 0.3) is 0 Å². The van der Waals surface area contributed by atoms with Gasteiger partial charge in [-0.1, -0.05) is 0 Å². The lowest BCUT2D eigenvalue weighted by molar-refractivity contribution is -0.146. The van der Waals surface area contributed by atoms with Gasteiger partial charge in [0, 0.05) is 11.8 Å². The molecule has 1 aliphatic rings. The van der Waals surface area contributed by atoms with Crippen molar-refractivity contribution in [1.29, 1.82) is 0 Å². The number of carbonyl (C=O) groups is 2. The first kappa shape index (κ1) is 10.7. The molecule has 14 heavy (non-hydrogen) atoms. The third-order valence-electron chi connectivity index (χ3n) is 2.12. The fourth-order valence-corrected chi connectivity index (χ4v) is 1.51. The van der Waals surface area contributed by atoms with E-state index in [9.17, 15) is 9.59 Å². The van der Waals surface area contributed by atoms with Crippen LogP contribution < -0.4 is 5.32 Å². The van der Waals surface area contributed by atoms with Gasteiger partial charge in [-0.3, -0.25) is 4.79 Å². The van der Waals surface area contributed by atoms with Crippen LogP contribution in [-0.4, -0.2) is 30.4 Å². The minimum absolute atomic E-state index is 0.251. The number of rotatable bonds is 2. The molecule has 0 radical (unpaired) electrons. The Kier molecular flexibility index (Phi) is 3.22. The molecule has 1 rings (SSSR count). The molecule has 1 N–H and O–H groups in total. The molecule has 0 fully saturated rings. The van der Waals surface area contributed by atoms with Crippen LogP contribution in [-0.2, 0) is 9.53 Å². The maximum atomic E-state index is 11.5. The van der Waals surface area contributed by atoms with Crippen molar-refractivity contribution >= 4 is 17.7 Å². The van der Waals surface area contributed by atoms with Crippen molar-refractivity contribution < 1.29 is 14.3 Å². The first-order valence-corrected chi connectivity index (χ1v) is 4.58. The van der Waals surface area contributed by atoms with Gasteiger partial charge in [0.1, 0.15) is 5.92 Å². The molecule has 0 aromatic heterocycles. The third kappa shape index (κ3) is 2.10. The van der Waals surface area contributed by atoms with E-state index in [4.69, 9.17) is 4.74 Å². The summed E-state index contributed by atoms with van der Waals surface area (Å²) in [5.41, 5.74) is 0.514. The molecule has 2 amide bonds. The minimum atomic E-state index is -0.451. The van der Waals surface area contributed by atoms with Crippen LogP contribution >= 0.6 is 0 Å². The van der Waals surface area contributed by atoms with E-state index in [1.165, 1.54) is 0 Å². The summed E-state index contributed by atoms with van der Waals surface area (Å²) in [4.78, 5) is 26.1. The van der Waals surface area contributed by atoms with Crippen LogP contribution in [0.5, 0.6) is 0 Å². The predicted octanol–water partition coefficient (Wildman–Crippen LogP) is 0.738. The summed E-state index contributed by atoms with van der Waals surface area (Å²) >= 11 is 0. The Bertz CT molecular complexity index is 286. The Hall–Kier alpha value is -1.39. The number of hydrogen-bond donors (Lipinski definition) is 1. The Morgan fingerprint density at radius 2 is 2.29 bits per heavy atom. The second kappa shape index (κ2) is 4.21. The molecule has 0 saturated carbocycles. The standard InChI is InChI=1S/C9H14N2O3/c1-4-14-8(12)7-5(2)10-9(13)11-6(7)3/h5,7H,4H2,1-3H3,(H,10,13)/t5-,7+/m0/s1. The first-order valence-electron chi connectivity index (χ1n) is 4.58. The molecule has 78 valence electrons. The molecule has 0 unspecified atom stereocenters. The predicted molar refractivity (Wildman–Crippen MR) is 51.2 cm³/mol. The van der Waals surface area contributed by atoms with Gasteiger partial charge in [-0.2, -0.15) is 0 Å². The second-order valence-corrected chi connectivity index (χ2v) is 3.22. The van der Waals surface area contributed by atoms with Gasteiger partial charge in [-0.25, -0.2) is 9.79 Å². The maximum absolute atomic E-state index is 11.5. The van der Waals surface area contributed by atoms with Gasteiger partial charge >= 0.3 is 12.0 Å². The normalized spacial score (nSPS) is 26.5. The van der Waals surface area contributed by atoms with Crippen molar-refractivity contribution in [2.45, 2.75) is 26.8 Å². The van der Waals surface area contributed by atoms with Crippen LogP contribution in [0, 0.1) is 5.92 Å². The van der Waals surface area contributed by atoms with E-state index in [2.05, 4.69) is 10.3 Å². The monoisotopic (exact) mass is 198 g/mol. The van der Waals surface area contributed by atoms with E-state index in [0.29, 0.717) is 12.3 Å². The van der Waals surface area contributed by atoms with Crippen molar-refractivity contribution in [3.05, 3.63) is 0 Å². The lowest BCUT2D eigenvalue weighted by Crippen LogP contribution is -2.48. The Balaban J connectivity index is 2.81. The summed E-state index contributed by atoms with van der Waals surface area (Å²) in [7, 11) is 0. The summed E-state index contributed by atoms with van der Waals surface area (Å²) in [6.45, 7) is 5.51. The number of nitrogens with one attached hydrogen (secondary N) is 1. The van der Waals surface area contributed by atoms with Crippen LogP contribution in [0.3, 0.4) is 0 Å². The summed E-state index contributed by atoms with van der Waals surface area (Å²) in [5, 5.41) is 2.57. The molecule has 1 aliphatic heterocycles.